The number of carboxylic acids is 1. The number of aliphatic carboxylic acids is 1. The van der Waals surface area contributed by atoms with Crippen molar-refractivity contribution < 1.29 is 14.6 Å². The van der Waals surface area contributed by atoms with Gasteiger partial charge in [0.1, 0.15) is 0 Å². The SMILES string of the molecule is CCCC=CCC=CCOCCC=C=CCC(=O)O. The second kappa shape index (κ2) is 14.5. The van der Waals surface area contributed by atoms with Gasteiger partial charge in [0.2, 0.25) is 0 Å². The van der Waals surface area contributed by atoms with Gasteiger partial charge in [0.25, 0.3) is 0 Å². The number of ether oxygens (including phenoxy) is 1. The van der Waals surface area contributed by atoms with Gasteiger partial charge in [-0.25, -0.2) is 0 Å². The van der Waals surface area contributed by atoms with Crippen LogP contribution in [0, 0.1) is 0 Å². The summed E-state index contributed by atoms with van der Waals surface area (Å²) in [5.74, 6) is -0.838. The zero-order chi connectivity index (χ0) is 14.2. The summed E-state index contributed by atoms with van der Waals surface area (Å²) < 4.78 is 5.38. The van der Waals surface area contributed by atoms with Crippen LogP contribution in [0.5, 0.6) is 0 Å². The molecular formula is C16H24O3. The molecule has 0 unspecified atom stereocenters. The Morgan fingerprint density at radius 3 is 2.68 bits per heavy atom. The number of carbonyl (C=O) groups is 1. The summed E-state index contributed by atoms with van der Waals surface area (Å²) in [7, 11) is 0. The van der Waals surface area contributed by atoms with Gasteiger partial charge in [0.15, 0.2) is 0 Å². The number of hydrogen-bond acceptors (Lipinski definition) is 2. The van der Waals surface area contributed by atoms with Gasteiger partial charge in [-0.05, 0) is 31.4 Å². The van der Waals surface area contributed by atoms with Crippen molar-refractivity contribution in [2.24, 2.45) is 0 Å². The quantitative estimate of drug-likeness (QED) is 0.350. The summed E-state index contributed by atoms with van der Waals surface area (Å²) >= 11 is 0. The highest BCUT2D eigenvalue weighted by Gasteiger charge is 1.86. The van der Waals surface area contributed by atoms with Gasteiger partial charge in [-0.3, -0.25) is 4.79 Å². The number of allylic oxidation sites excluding steroid dienone is 3. The fraction of sp³-hybridized carbons (Fsp3) is 0.500. The van der Waals surface area contributed by atoms with Crippen molar-refractivity contribution in [3.05, 3.63) is 42.2 Å². The molecule has 0 aromatic rings. The maximum atomic E-state index is 10.2. The Balaban J connectivity index is 3.37. The molecule has 3 heteroatoms. The maximum absolute atomic E-state index is 10.2. The number of rotatable bonds is 11. The Morgan fingerprint density at radius 2 is 1.95 bits per heavy atom. The molecule has 106 valence electrons. The first-order valence-electron chi connectivity index (χ1n) is 6.76. The third kappa shape index (κ3) is 16.4. The van der Waals surface area contributed by atoms with Crippen molar-refractivity contribution in [1.82, 2.24) is 0 Å². The average Bonchev–Trinajstić information content (AvgIpc) is 2.39. The molecule has 0 spiro atoms. The molecule has 0 saturated heterocycles. The highest BCUT2D eigenvalue weighted by atomic mass is 16.5. The summed E-state index contributed by atoms with van der Waals surface area (Å²) in [6, 6.07) is 0. The molecule has 1 N–H and O–H groups in total. The summed E-state index contributed by atoms with van der Waals surface area (Å²) in [5.41, 5.74) is 2.81. The van der Waals surface area contributed by atoms with Gasteiger partial charge in [-0.15, -0.1) is 5.73 Å². The third-order valence-electron chi connectivity index (χ3n) is 2.19. The van der Waals surface area contributed by atoms with Gasteiger partial charge in [-0.2, -0.15) is 0 Å². The second-order valence-electron chi connectivity index (χ2n) is 4.00. The molecular weight excluding hydrogens is 240 g/mol. The van der Waals surface area contributed by atoms with Crippen LogP contribution in [-0.2, 0) is 9.53 Å². The largest absolute Gasteiger partial charge is 0.481 e. The number of hydrogen-bond donors (Lipinski definition) is 1. The van der Waals surface area contributed by atoms with Crippen molar-refractivity contribution in [2.45, 2.75) is 39.0 Å². The topological polar surface area (TPSA) is 46.5 Å². The molecule has 0 bridgehead atoms. The molecule has 0 radical (unpaired) electrons. The van der Waals surface area contributed by atoms with Gasteiger partial charge >= 0.3 is 5.97 Å². The summed E-state index contributed by atoms with van der Waals surface area (Å²) in [4.78, 5) is 10.2. The van der Waals surface area contributed by atoms with Crippen molar-refractivity contribution in [3.63, 3.8) is 0 Å². The Bertz CT molecular complexity index is 334. The highest BCUT2D eigenvalue weighted by molar-refractivity contribution is 5.68. The highest BCUT2D eigenvalue weighted by Crippen LogP contribution is 1.93. The first-order valence-corrected chi connectivity index (χ1v) is 6.76. The fourth-order valence-corrected chi connectivity index (χ4v) is 1.23. The Kier molecular flexibility index (Phi) is 13.3. The molecule has 0 atom stereocenters. The van der Waals surface area contributed by atoms with Crippen molar-refractivity contribution >= 4 is 5.97 Å². The molecule has 0 fully saturated rings. The van der Waals surface area contributed by atoms with Crippen LogP contribution in [-0.4, -0.2) is 24.3 Å². The number of carboxylic acid groups (broad SMARTS) is 1. The Morgan fingerprint density at radius 1 is 1.16 bits per heavy atom. The number of unbranched alkanes of at least 4 members (excludes halogenated alkanes) is 1. The lowest BCUT2D eigenvalue weighted by molar-refractivity contribution is -0.135. The molecule has 0 saturated carbocycles. The second-order valence-corrected chi connectivity index (χ2v) is 4.00. The van der Waals surface area contributed by atoms with E-state index in [1.54, 1.807) is 6.08 Å². The van der Waals surface area contributed by atoms with E-state index in [2.05, 4.69) is 30.9 Å². The molecule has 0 aromatic carbocycles. The molecule has 0 aliphatic heterocycles. The van der Waals surface area contributed by atoms with Crippen LogP contribution in [0.1, 0.15) is 39.0 Å². The van der Waals surface area contributed by atoms with E-state index >= 15 is 0 Å². The minimum atomic E-state index is -0.838. The van der Waals surface area contributed by atoms with Crippen LogP contribution in [0.25, 0.3) is 0 Å². The normalized spacial score (nSPS) is 10.8. The monoisotopic (exact) mass is 264 g/mol. The maximum Gasteiger partial charge on any atom is 0.307 e. The van der Waals surface area contributed by atoms with Gasteiger partial charge < -0.3 is 9.84 Å². The molecule has 0 rings (SSSR count). The van der Waals surface area contributed by atoms with E-state index in [1.807, 2.05) is 6.08 Å². The Hall–Kier alpha value is -1.57. The van der Waals surface area contributed by atoms with E-state index in [-0.39, 0.29) is 6.42 Å². The molecule has 0 aromatic heterocycles. The van der Waals surface area contributed by atoms with Crippen LogP contribution >= 0.6 is 0 Å². The van der Waals surface area contributed by atoms with E-state index in [1.165, 1.54) is 12.5 Å². The van der Waals surface area contributed by atoms with Crippen LogP contribution < -0.4 is 0 Å². The summed E-state index contributed by atoms with van der Waals surface area (Å²) in [6.45, 7) is 3.41. The van der Waals surface area contributed by atoms with E-state index in [9.17, 15) is 4.79 Å². The molecule has 0 amide bonds. The lowest BCUT2D eigenvalue weighted by Gasteiger charge is -1.95. The third-order valence-corrected chi connectivity index (χ3v) is 2.19. The van der Waals surface area contributed by atoms with Gasteiger partial charge in [0, 0.05) is 0 Å². The van der Waals surface area contributed by atoms with Crippen molar-refractivity contribution in [3.8, 4) is 0 Å². The molecule has 0 aliphatic rings. The predicted molar refractivity (Wildman–Crippen MR) is 78.1 cm³/mol. The zero-order valence-corrected chi connectivity index (χ0v) is 11.7. The molecule has 3 nitrogen and oxygen atoms in total. The van der Waals surface area contributed by atoms with Crippen LogP contribution in [0.4, 0.5) is 0 Å². The molecule has 19 heavy (non-hydrogen) atoms. The standard InChI is InChI=1S/C16H24O3/c1-2-3-4-5-6-8-11-14-19-15-12-9-7-10-13-16(17)18/h4-5,8-11H,2-3,6,12-15H2,1H3,(H,17,18). The van der Waals surface area contributed by atoms with E-state index < -0.39 is 5.97 Å². The smallest absolute Gasteiger partial charge is 0.307 e. The van der Waals surface area contributed by atoms with Crippen LogP contribution in [0.3, 0.4) is 0 Å². The minimum absolute atomic E-state index is 0.0195. The van der Waals surface area contributed by atoms with E-state index in [0.717, 1.165) is 19.3 Å². The van der Waals surface area contributed by atoms with E-state index in [4.69, 9.17) is 9.84 Å². The van der Waals surface area contributed by atoms with Crippen LogP contribution in [0.15, 0.2) is 42.2 Å². The average molecular weight is 264 g/mol. The van der Waals surface area contributed by atoms with E-state index in [0.29, 0.717) is 13.2 Å². The summed E-state index contributed by atoms with van der Waals surface area (Å²) in [5, 5.41) is 8.38. The lowest BCUT2D eigenvalue weighted by Crippen LogP contribution is -1.92. The molecule has 0 heterocycles. The zero-order valence-electron chi connectivity index (χ0n) is 11.7. The first kappa shape index (κ1) is 17.4. The summed E-state index contributed by atoms with van der Waals surface area (Å²) in [6.07, 6.45) is 15.8. The van der Waals surface area contributed by atoms with Crippen LogP contribution in [0.2, 0.25) is 0 Å². The van der Waals surface area contributed by atoms with Gasteiger partial charge in [-0.1, -0.05) is 37.6 Å². The van der Waals surface area contributed by atoms with Gasteiger partial charge in [0.05, 0.1) is 19.6 Å². The predicted octanol–water partition coefficient (Wildman–Crippen LogP) is 3.88. The lowest BCUT2D eigenvalue weighted by atomic mass is 10.3. The first-order chi connectivity index (χ1) is 9.27. The van der Waals surface area contributed by atoms with Crippen molar-refractivity contribution in [1.29, 1.82) is 0 Å². The fourth-order valence-electron chi connectivity index (χ4n) is 1.23. The minimum Gasteiger partial charge on any atom is -0.481 e. The van der Waals surface area contributed by atoms with Crippen molar-refractivity contribution in [2.75, 3.05) is 13.2 Å². The molecule has 0 aliphatic carbocycles. The Labute approximate surface area is 116 Å².